The predicted octanol–water partition coefficient (Wildman–Crippen LogP) is 2.37. The van der Waals surface area contributed by atoms with Gasteiger partial charge in [-0.05, 0) is 50.3 Å². The number of carboxylic acid groups (broad SMARTS) is 1. The molecule has 1 aromatic heterocycles. The maximum Gasteiger partial charge on any atom is 0.411 e. The second kappa shape index (κ2) is 16.8. The van der Waals surface area contributed by atoms with Gasteiger partial charge < -0.3 is 34.4 Å². The molecule has 3 aliphatic rings. The highest BCUT2D eigenvalue weighted by Gasteiger charge is 2.44. The van der Waals surface area contributed by atoms with E-state index in [2.05, 4.69) is 15.6 Å². The van der Waals surface area contributed by atoms with E-state index in [1.807, 2.05) is 48.3 Å². The number of aromatic nitrogens is 1. The number of ketones is 1. The number of carbonyl (C=O) groups is 7. The number of imide groups is 3. The number of amides is 6. The van der Waals surface area contributed by atoms with Crippen LogP contribution in [0.25, 0.3) is 0 Å². The Labute approximate surface area is 327 Å². The van der Waals surface area contributed by atoms with Gasteiger partial charge >= 0.3 is 6.09 Å². The summed E-state index contributed by atoms with van der Waals surface area (Å²) in [6.45, 7) is 2.69. The minimum absolute atomic E-state index is 0.000336. The van der Waals surface area contributed by atoms with Crippen molar-refractivity contribution in [3.05, 3.63) is 70.5 Å². The molecule has 2 aromatic carbocycles. The van der Waals surface area contributed by atoms with Gasteiger partial charge in [0.2, 0.25) is 11.8 Å². The number of nitrogens with zero attached hydrogens (tertiary/aromatic N) is 4. The van der Waals surface area contributed by atoms with Crippen LogP contribution >= 0.6 is 0 Å². The summed E-state index contributed by atoms with van der Waals surface area (Å²) in [5, 5.41) is 16.4. The molecule has 6 amide bonds. The zero-order valence-electron chi connectivity index (χ0n) is 32.0. The van der Waals surface area contributed by atoms with Crippen LogP contribution in [0.3, 0.4) is 0 Å². The molecular weight excluding hydrogens is 742 g/mol. The molecule has 1 fully saturated rings. The Morgan fingerprint density at radius 3 is 2.37 bits per heavy atom. The minimum Gasteiger partial charge on any atom is -0.496 e. The van der Waals surface area contributed by atoms with E-state index in [1.54, 1.807) is 26.4 Å². The van der Waals surface area contributed by atoms with E-state index in [1.165, 1.54) is 18.3 Å². The summed E-state index contributed by atoms with van der Waals surface area (Å²) in [5.74, 6) is -2.76. The normalized spacial score (nSPS) is 18.2. The molecule has 0 radical (unpaired) electrons. The van der Waals surface area contributed by atoms with Crippen LogP contribution in [0.4, 0.5) is 21.9 Å². The van der Waals surface area contributed by atoms with Gasteiger partial charge in [0, 0.05) is 68.1 Å². The standard InChI is InChI=1S/C39H43N7O11/c1-20-18-45(23-15-29(55-4)26(19-44(2)3)30(16-23)56-5)28-12-21(17-41-33(28)34(20)48)13-31(36(50)43-39(53)54)57-11-10-40-22-6-7-24-25(14-22)38(52)46(37(24)51)27-8-9-32(47)42-35(27)49/h6-7,12,14-17,20,27,31,40H,8-11,13,18-19H2,1-5H3,(H,43,50)(H,53,54)(H,42,47,49). The summed E-state index contributed by atoms with van der Waals surface area (Å²) in [7, 11) is 7.00. The Balaban J connectivity index is 1.18. The first kappa shape index (κ1) is 40.3. The lowest BCUT2D eigenvalue weighted by Crippen LogP contribution is -2.54. The fourth-order valence-electron chi connectivity index (χ4n) is 7.14. The number of methoxy groups -OCH3 is 2. The van der Waals surface area contributed by atoms with E-state index in [0.717, 1.165) is 10.5 Å². The van der Waals surface area contributed by atoms with E-state index in [4.69, 9.17) is 14.2 Å². The second-order valence-corrected chi connectivity index (χ2v) is 14.1. The van der Waals surface area contributed by atoms with Crippen molar-refractivity contribution in [1.82, 2.24) is 25.4 Å². The molecule has 3 atom stereocenters. The monoisotopic (exact) mass is 785 g/mol. The molecule has 4 N–H and O–H groups in total. The lowest BCUT2D eigenvalue weighted by Gasteiger charge is -2.34. The molecule has 18 heteroatoms. The van der Waals surface area contributed by atoms with Crippen molar-refractivity contribution in [2.24, 2.45) is 5.92 Å². The van der Waals surface area contributed by atoms with Gasteiger partial charge in [0.1, 0.15) is 29.3 Å². The number of Topliss-reactive ketones (excluding diaryl/α,β-unsaturated/α-hetero) is 1. The molecule has 4 heterocycles. The Morgan fingerprint density at radius 2 is 1.72 bits per heavy atom. The molecule has 1 saturated heterocycles. The molecule has 0 spiro atoms. The Morgan fingerprint density at radius 1 is 1.02 bits per heavy atom. The predicted molar refractivity (Wildman–Crippen MR) is 203 cm³/mol. The Kier molecular flexibility index (Phi) is 11.8. The molecule has 3 aromatic rings. The van der Waals surface area contributed by atoms with Gasteiger partial charge in [0.25, 0.3) is 17.7 Å². The third-order valence-electron chi connectivity index (χ3n) is 9.86. The van der Waals surface area contributed by atoms with Gasteiger partial charge in [-0.25, -0.2) is 4.79 Å². The van der Waals surface area contributed by atoms with Gasteiger partial charge in [-0.3, -0.25) is 49.3 Å². The number of anilines is 3. The highest BCUT2D eigenvalue weighted by molar-refractivity contribution is 6.23. The number of fused-ring (bicyclic) bond motifs is 2. The van der Waals surface area contributed by atoms with E-state index in [-0.39, 0.29) is 55.0 Å². The van der Waals surface area contributed by atoms with E-state index < -0.39 is 53.7 Å². The van der Waals surface area contributed by atoms with Gasteiger partial charge in [-0.1, -0.05) is 6.92 Å². The van der Waals surface area contributed by atoms with Crippen molar-refractivity contribution in [3.63, 3.8) is 0 Å². The Bertz CT molecular complexity index is 2130. The van der Waals surface area contributed by atoms with E-state index >= 15 is 0 Å². The average Bonchev–Trinajstić information content (AvgIpc) is 3.41. The first-order valence-corrected chi connectivity index (χ1v) is 18.2. The van der Waals surface area contributed by atoms with Crippen LogP contribution in [0.1, 0.15) is 62.1 Å². The maximum absolute atomic E-state index is 13.3. The van der Waals surface area contributed by atoms with Crippen molar-refractivity contribution >= 4 is 58.5 Å². The van der Waals surface area contributed by atoms with Crippen molar-refractivity contribution in [3.8, 4) is 11.5 Å². The molecule has 300 valence electrons. The first-order valence-electron chi connectivity index (χ1n) is 18.2. The summed E-state index contributed by atoms with van der Waals surface area (Å²) in [6.07, 6.45) is -1.47. The molecule has 57 heavy (non-hydrogen) atoms. The first-order chi connectivity index (χ1) is 27.2. The quantitative estimate of drug-likeness (QED) is 0.136. The van der Waals surface area contributed by atoms with Crippen LogP contribution in [0.15, 0.2) is 42.6 Å². The zero-order valence-corrected chi connectivity index (χ0v) is 32.0. The number of hydrogen-bond acceptors (Lipinski definition) is 14. The number of pyridine rings is 1. The van der Waals surface area contributed by atoms with Crippen LogP contribution in [-0.2, 0) is 32.1 Å². The highest BCUT2D eigenvalue weighted by atomic mass is 16.5. The van der Waals surface area contributed by atoms with Crippen molar-refractivity contribution in [2.45, 2.75) is 44.9 Å². The van der Waals surface area contributed by atoms with Crippen LogP contribution < -0.4 is 30.3 Å². The molecule has 0 aliphatic carbocycles. The fraction of sp³-hybridized carbons (Fsp3) is 0.385. The van der Waals surface area contributed by atoms with Crippen LogP contribution in [0.5, 0.6) is 11.5 Å². The maximum atomic E-state index is 13.3. The molecular formula is C39H43N7O11. The number of benzene rings is 2. The van der Waals surface area contributed by atoms with Gasteiger partial charge in [-0.2, -0.15) is 0 Å². The van der Waals surface area contributed by atoms with Gasteiger partial charge in [-0.15, -0.1) is 0 Å². The summed E-state index contributed by atoms with van der Waals surface area (Å²) >= 11 is 0. The number of ether oxygens (including phenoxy) is 3. The average molecular weight is 786 g/mol. The van der Waals surface area contributed by atoms with Crippen molar-refractivity contribution < 1.29 is 52.9 Å². The van der Waals surface area contributed by atoms with Crippen molar-refractivity contribution in [2.75, 3.05) is 58.2 Å². The molecule has 0 saturated carbocycles. The number of hydrogen-bond donors (Lipinski definition) is 4. The molecule has 3 unspecified atom stereocenters. The molecule has 3 aliphatic heterocycles. The van der Waals surface area contributed by atoms with Crippen LogP contribution in [0.2, 0.25) is 0 Å². The van der Waals surface area contributed by atoms with Gasteiger partial charge in [0.15, 0.2) is 5.78 Å². The lowest BCUT2D eigenvalue weighted by molar-refractivity contribution is -0.136. The number of carbonyl (C=O) groups excluding carboxylic acids is 6. The fourth-order valence-corrected chi connectivity index (χ4v) is 7.14. The molecule has 18 nitrogen and oxygen atoms in total. The van der Waals surface area contributed by atoms with E-state index in [0.29, 0.717) is 47.2 Å². The third kappa shape index (κ3) is 8.41. The third-order valence-corrected chi connectivity index (χ3v) is 9.86. The van der Waals surface area contributed by atoms with E-state index in [9.17, 15) is 38.7 Å². The topological polar surface area (TPSA) is 226 Å². The second-order valence-electron chi connectivity index (χ2n) is 14.1. The summed E-state index contributed by atoms with van der Waals surface area (Å²) in [4.78, 5) is 97.4. The molecule has 0 bridgehead atoms. The number of rotatable bonds is 14. The largest absolute Gasteiger partial charge is 0.496 e. The zero-order chi connectivity index (χ0) is 41.1. The summed E-state index contributed by atoms with van der Waals surface area (Å²) < 4.78 is 17.4. The SMILES string of the molecule is COc1cc(N2CC(C)C(=O)c3ncc(CC(OCCNc4ccc5c(c4)C(=O)N(C4CCC(=O)NC4=O)C5=O)C(=O)NC(=O)O)cc32)cc(OC)c1CN(C)C. The molecule has 6 rings (SSSR count). The smallest absolute Gasteiger partial charge is 0.411 e. The minimum atomic E-state index is -1.56. The number of nitrogens with one attached hydrogen (secondary N) is 3. The Hall–Kier alpha value is -6.40. The number of piperidine rings is 1. The van der Waals surface area contributed by atoms with Crippen LogP contribution in [-0.4, -0.2) is 121 Å². The summed E-state index contributed by atoms with van der Waals surface area (Å²) in [6, 6.07) is 8.84. The van der Waals surface area contributed by atoms with Crippen LogP contribution in [0, 0.1) is 5.92 Å². The highest BCUT2D eigenvalue weighted by Crippen LogP contribution is 2.41. The summed E-state index contributed by atoms with van der Waals surface area (Å²) in [5.41, 5.74) is 3.38. The lowest BCUT2D eigenvalue weighted by atomic mass is 9.94. The van der Waals surface area contributed by atoms with Gasteiger partial charge in [0.05, 0.1) is 43.2 Å². The van der Waals surface area contributed by atoms with Crippen molar-refractivity contribution in [1.29, 1.82) is 0 Å².